The highest BCUT2D eigenvalue weighted by atomic mass is 16.7. The van der Waals surface area contributed by atoms with Crippen molar-refractivity contribution in [3.63, 3.8) is 0 Å². The van der Waals surface area contributed by atoms with Crippen LogP contribution in [0.15, 0.2) is 30.3 Å². The number of fused-ring (bicyclic) bond motifs is 1. The lowest BCUT2D eigenvalue weighted by atomic mass is 10.1. The minimum atomic E-state index is 0.288. The zero-order chi connectivity index (χ0) is 15.9. The van der Waals surface area contributed by atoms with Crippen LogP contribution in [0.3, 0.4) is 0 Å². The van der Waals surface area contributed by atoms with Gasteiger partial charge < -0.3 is 14.4 Å². The third-order valence-corrected chi connectivity index (χ3v) is 5.02. The molecule has 2 fully saturated rings. The van der Waals surface area contributed by atoms with E-state index < -0.39 is 0 Å². The monoisotopic (exact) mass is 324 g/mol. The SMILES string of the molecule is c1cc2c(cc1-c1ccc(N3CCN(C4CC4)CC3)nn1)OCO2. The Hall–Kier alpha value is -2.34. The fourth-order valence-corrected chi connectivity index (χ4v) is 3.46. The van der Waals surface area contributed by atoms with Crippen LogP contribution in [0.1, 0.15) is 12.8 Å². The topological polar surface area (TPSA) is 50.7 Å². The van der Waals surface area contributed by atoms with Crippen molar-refractivity contribution < 1.29 is 9.47 Å². The normalized spacial score (nSPS) is 20.4. The fraction of sp³-hybridized carbons (Fsp3) is 0.444. The molecule has 6 nitrogen and oxygen atoms in total. The number of hydrogen-bond acceptors (Lipinski definition) is 6. The van der Waals surface area contributed by atoms with Gasteiger partial charge in [-0.1, -0.05) is 0 Å². The average molecular weight is 324 g/mol. The van der Waals surface area contributed by atoms with E-state index in [1.54, 1.807) is 0 Å². The molecular formula is C18H20N4O2. The van der Waals surface area contributed by atoms with Crippen LogP contribution in [0, 0.1) is 0 Å². The summed E-state index contributed by atoms with van der Waals surface area (Å²) in [6, 6.07) is 10.8. The summed E-state index contributed by atoms with van der Waals surface area (Å²) in [5.74, 6) is 2.53. The van der Waals surface area contributed by atoms with E-state index in [0.717, 1.165) is 60.8 Å². The van der Waals surface area contributed by atoms with Gasteiger partial charge in [0.1, 0.15) is 0 Å². The molecule has 3 aliphatic rings. The van der Waals surface area contributed by atoms with Crippen LogP contribution >= 0.6 is 0 Å². The summed E-state index contributed by atoms with van der Waals surface area (Å²) in [6.07, 6.45) is 2.76. The Morgan fingerprint density at radius 2 is 1.71 bits per heavy atom. The number of piperazine rings is 1. The molecule has 5 rings (SSSR count). The highest BCUT2D eigenvalue weighted by Crippen LogP contribution is 2.35. The minimum Gasteiger partial charge on any atom is -0.454 e. The van der Waals surface area contributed by atoms with Crippen LogP contribution in [0.4, 0.5) is 5.82 Å². The Morgan fingerprint density at radius 3 is 2.46 bits per heavy atom. The van der Waals surface area contributed by atoms with Gasteiger partial charge in [-0.05, 0) is 43.2 Å². The fourth-order valence-electron chi connectivity index (χ4n) is 3.46. The minimum absolute atomic E-state index is 0.288. The van der Waals surface area contributed by atoms with Gasteiger partial charge in [0.2, 0.25) is 6.79 Å². The van der Waals surface area contributed by atoms with E-state index in [1.807, 2.05) is 24.3 Å². The molecule has 24 heavy (non-hydrogen) atoms. The molecule has 2 aromatic rings. The molecule has 0 radical (unpaired) electrons. The Bertz CT molecular complexity index is 737. The van der Waals surface area contributed by atoms with Crippen LogP contribution in [-0.2, 0) is 0 Å². The first-order chi connectivity index (χ1) is 11.9. The molecule has 0 N–H and O–H groups in total. The summed E-state index contributed by atoms with van der Waals surface area (Å²) < 4.78 is 10.8. The number of aromatic nitrogens is 2. The summed E-state index contributed by atoms with van der Waals surface area (Å²) in [5, 5.41) is 8.86. The van der Waals surface area contributed by atoms with Gasteiger partial charge in [0.15, 0.2) is 17.3 Å². The maximum Gasteiger partial charge on any atom is 0.231 e. The maximum absolute atomic E-state index is 5.43. The zero-order valence-electron chi connectivity index (χ0n) is 13.5. The molecule has 0 unspecified atom stereocenters. The second kappa shape index (κ2) is 5.63. The second-order valence-corrected chi connectivity index (χ2v) is 6.60. The van der Waals surface area contributed by atoms with Crippen molar-refractivity contribution in [2.45, 2.75) is 18.9 Å². The van der Waals surface area contributed by atoms with Gasteiger partial charge in [-0.15, -0.1) is 10.2 Å². The lowest BCUT2D eigenvalue weighted by Gasteiger charge is -2.35. The zero-order valence-corrected chi connectivity index (χ0v) is 13.5. The molecule has 2 aliphatic heterocycles. The Morgan fingerprint density at radius 1 is 0.875 bits per heavy atom. The Kier molecular flexibility index (Phi) is 3.29. The predicted octanol–water partition coefficient (Wildman–Crippen LogP) is 2.16. The maximum atomic E-state index is 5.43. The molecule has 3 heterocycles. The molecule has 1 aliphatic carbocycles. The molecule has 0 bridgehead atoms. The smallest absolute Gasteiger partial charge is 0.231 e. The van der Waals surface area contributed by atoms with Gasteiger partial charge in [-0.25, -0.2) is 0 Å². The summed E-state index contributed by atoms with van der Waals surface area (Å²) in [6.45, 7) is 4.63. The Labute approximate surface area is 141 Å². The van der Waals surface area contributed by atoms with E-state index in [4.69, 9.17) is 9.47 Å². The van der Waals surface area contributed by atoms with E-state index in [0.29, 0.717) is 0 Å². The molecule has 0 amide bonds. The summed E-state index contributed by atoms with van der Waals surface area (Å²) >= 11 is 0. The van der Waals surface area contributed by atoms with E-state index in [-0.39, 0.29) is 6.79 Å². The van der Waals surface area contributed by atoms with Crippen molar-refractivity contribution in [2.24, 2.45) is 0 Å². The second-order valence-electron chi connectivity index (χ2n) is 6.60. The van der Waals surface area contributed by atoms with E-state index >= 15 is 0 Å². The Balaban J connectivity index is 1.30. The van der Waals surface area contributed by atoms with Crippen LogP contribution < -0.4 is 14.4 Å². The third kappa shape index (κ3) is 2.57. The van der Waals surface area contributed by atoms with Gasteiger partial charge >= 0.3 is 0 Å². The number of rotatable bonds is 3. The first-order valence-electron chi connectivity index (χ1n) is 8.59. The van der Waals surface area contributed by atoms with Crippen molar-refractivity contribution in [1.82, 2.24) is 15.1 Å². The van der Waals surface area contributed by atoms with Crippen LogP contribution in [0.2, 0.25) is 0 Å². The summed E-state index contributed by atoms with van der Waals surface area (Å²) in [7, 11) is 0. The number of hydrogen-bond donors (Lipinski definition) is 0. The lowest BCUT2D eigenvalue weighted by molar-refractivity contribution is 0.174. The van der Waals surface area contributed by atoms with Gasteiger partial charge in [0, 0.05) is 37.8 Å². The number of anilines is 1. The highest BCUT2D eigenvalue weighted by Gasteiger charge is 2.31. The first-order valence-corrected chi connectivity index (χ1v) is 8.59. The molecule has 1 saturated carbocycles. The summed E-state index contributed by atoms with van der Waals surface area (Å²) in [5.41, 5.74) is 1.85. The quantitative estimate of drug-likeness (QED) is 0.862. The molecule has 124 valence electrons. The third-order valence-electron chi connectivity index (χ3n) is 5.02. The van der Waals surface area contributed by atoms with Crippen LogP contribution in [0.5, 0.6) is 11.5 Å². The van der Waals surface area contributed by atoms with Crippen molar-refractivity contribution in [2.75, 3.05) is 37.9 Å². The molecule has 6 heteroatoms. The average Bonchev–Trinajstić information content (AvgIpc) is 3.39. The van der Waals surface area contributed by atoms with Gasteiger partial charge in [-0.3, -0.25) is 4.90 Å². The summed E-state index contributed by atoms with van der Waals surface area (Å²) in [4.78, 5) is 4.93. The number of ether oxygens (including phenoxy) is 2. The van der Waals surface area contributed by atoms with Gasteiger partial charge in [0.05, 0.1) is 5.69 Å². The first kappa shape index (κ1) is 14.0. The number of benzene rings is 1. The van der Waals surface area contributed by atoms with Crippen molar-refractivity contribution in [3.8, 4) is 22.8 Å². The standard InChI is InChI=1S/C18H20N4O2/c1-5-16-17(24-12-23-16)11-13(1)15-4-6-18(20-19-15)22-9-7-21(8-10-22)14-2-3-14/h1,4-6,11,14H,2-3,7-10,12H2. The van der Waals surface area contributed by atoms with Crippen LogP contribution in [-0.4, -0.2) is 54.1 Å². The number of nitrogens with zero attached hydrogens (tertiary/aromatic N) is 4. The largest absolute Gasteiger partial charge is 0.454 e. The van der Waals surface area contributed by atoms with E-state index in [1.165, 1.54) is 12.8 Å². The highest BCUT2D eigenvalue weighted by molar-refractivity contribution is 5.64. The lowest BCUT2D eigenvalue weighted by Crippen LogP contribution is -2.47. The molecule has 1 aromatic heterocycles. The van der Waals surface area contributed by atoms with Gasteiger partial charge in [0.25, 0.3) is 0 Å². The molecular weight excluding hydrogens is 304 g/mol. The van der Waals surface area contributed by atoms with E-state index in [2.05, 4.69) is 26.1 Å². The van der Waals surface area contributed by atoms with Gasteiger partial charge in [-0.2, -0.15) is 0 Å². The predicted molar refractivity (Wildman–Crippen MR) is 90.4 cm³/mol. The van der Waals surface area contributed by atoms with Crippen molar-refractivity contribution >= 4 is 5.82 Å². The van der Waals surface area contributed by atoms with Crippen molar-refractivity contribution in [1.29, 1.82) is 0 Å². The van der Waals surface area contributed by atoms with Crippen molar-refractivity contribution in [3.05, 3.63) is 30.3 Å². The molecule has 1 saturated heterocycles. The molecule has 0 spiro atoms. The van der Waals surface area contributed by atoms with Crippen LogP contribution in [0.25, 0.3) is 11.3 Å². The molecule has 1 aromatic carbocycles. The van der Waals surface area contributed by atoms with E-state index in [9.17, 15) is 0 Å². The molecule has 0 atom stereocenters.